The number of ether oxygens (including phenoxy) is 2. The van der Waals surface area contributed by atoms with E-state index in [9.17, 15) is 4.79 Å². The van der Waals surface area contributed by atoms with E-state index in [0.29, 0.717) is 18.0 Å². The molecule has 1 aromatic heterocycles. The first kappa shape index (κ1) is 18.6. The summed E-state index contributed by atoms with van der Waals surface area (Å²) in [4.78, 5) is 21.1. The van der Waals surface area contributed by atoms with Gasteiger partial charge in [-0.05, 0) is 43.7 Å². The van der Waals surface area contributed by atoms with Crippen LogP contribution in [0.1, 0.15) is 12.8 Å². The van der Waals surface area contributed by atoms with Crippen LogP contribution < -0.4 is 19.7 Å². The standard InChI is InChI=1S/C21H26N4O3/c1-27-17-7-3-2-6-16(17)25-14-12-24(13-15-25)11-5-9-19-21(26)23-20-18(28-19)8-4-10-22-20/h2-4,6-8,10,19H,5,9,11-15H2,1H3,(H,22,23,26)/t19-/m1/s1. The Bertz CT molecular complexity index is 821. The molecule has 1 fully saturated rings. The number of fused-ring (bicyclic) bond motifs is 1. The summed E-state index contributed by atoms with van der Waals surface area (Å²) in [6.45, 7) is 4.91. The van der Waals surface area contributed by atoms with Gasteiger partial charge in [0.2, 0.25) is 0 Å². The fraction of sp³-hybridized carbons (Fsp3) is 0.429. The zero-order valence-electron chi connectivity index (χ0n) is 16.1. The lowest BCUT2D eigenvalue weighted by molar-refractivity contribution is -0.123. The highest BCUT2D eigenvalue weighted by atomic mass is 16.5. The Morgan fingerprint density at radius 3 is 2.82 bits per heavy atom. The van der Waals surface area contributed by atoms with E-state index in [1.807, 2.05) is 30.3 Å². The van der Waals surface area contributed by atoms with Crippen LogP contribution in [0, 0.1) is 0 Å². The molecule has 1 amide bonds. The first-order chi connectivity index (χ1) is 13.7. The van der Waals surface area contributed by atoms with Crippen LogP contribution in [0.5, 0.6) is 11.5 Å². The molecule has 2 aliphatic rings. The summed E-state index contributed by atoms with van der Waals surface area (Å²) in [6, 6.07) is 11.8. The van der Waals surface area contributed by atoms with Gasteiger partial charge in [-0.15, -0.1) is 0 Å². The van der Waals surface area contributed by atoms with Gasteiger partial charge in [0.25, 0.3) is 5.91 Å². The largest absolute Gasteiger partial charge is 0.495 e. The molecule has 4 rings (SSSR count). The molecule has 3 heterocycles. The Kier molecular flexibility index (Phi) is 5.62. The molecule has 0 spiro atoms. The van der Waals surface area contributed by atoms with Gasteiger partial charge < -0.3 is 19.7 Å². The number of amides is 1. The third-order valence-corrected chi connectivity index (χ3v) is 5.31. The van der Waals surface area contributed by atoms with Crippen molar-refractivity contribution in [3.63, 3.8) is 0 Å². The molecule has 1 saturated heterocycles. The normalized spacial score (nSPS) is 19.5. The lowest BCUT2D eigenvalue weighted by Gasteiger charge is -2.36. The first-order valence-corrected chi connectivity index (χ1v) is 9.77. The summed E-state index contributed by atoms with van der Waals surface area (Å²) in [5.41, 5.74) is 1.16. The number of aromatic nitrogens is 1. The average molecular weight is 382 g/mol. The number of carbonyl (C=O) groups is 1. The van der Waals surface area contributed by atoms with Gasteiger partial charge >= 0.3 is 0 Å². The second-order valence-corrected chi connectivity index (χ2v) is 7.09. The van der Waals surface area contributed by atoms with Crippen molar-refractivity contribution in [2.75, 3.05) is 50.1 Å². The van der Waals surface area contributed by atoms with E-state index in [1.54, 1.807) is 13.3 Å². The molecule has 0 unspecified atom stereocenters. The molecule has 0 bridgehead atoms. The van der Waals surface area contributed by atoms with Crippen molar-refractivity contribution in [3.05, 3.63) is 42.6 Å². The van der Waals surface area contributed by atoms with E-state index in [-0.39, 0.29) is 5.91 Å². The Balaban J connectivity index is 1.23. The minimum absolute atomic E-state index is 0.104. The van der Waals surface area contributed by atoms with Crippen LogP contribution in [0.2, 0.25) is 0 Å². The summed E-state index contributed by atoms with van der Waals surface area (Å²) < 4.78 is 11.3. The number of nitrogens with zero attached hydrogens (tertiary/aromatic N) is 3. The van der Waals surface area contributed by atoms with Gasteiger partial charge in [-0.1, -0.05) is 12.1 Å². The molecule has 28 heavy (non-hydrogen) atoms. The zero-order chi connectivity index (χ0) is 19.3. The van der Waals surface area contributed by atoms with Gasteiger partial charge in [-0.25, -0.2) is 4.98 Å². The van der Waals surface area contributed by atoms with Crippen LogP contribution in [-0.4, -0.2) is 61.7 Å². The van der Waals surface area contributed by atoms with Crippen molar-refractivity contribution < 1.29 is 14.3 Å². The molecule has 7 nitrogen and oxygen atoms in total. The molecule has 2 aromatic rings. The smallest absolute Gasteiger partial charge is 0.266 e. The van der Waals surface area contributed by atoms with E-state index >= 15 is 0 Å². The van der Waals surface area contributed by atoms with Crippen molar-refractivity contribution in [3.8, 4) is 11.5 Å². The first-order valence-electron chi connectivity index (χ1n) is 9.77. The molecule has 1 aromatic carbocycles. The molecule has 1 N–H and O–H groups in total. The quantitative estimate of drug-likeness (QED) is 0.828. The maximum absolute atomic E-state index is 12.2. The summed E-state index contributed by atoms with van der Waals surface area (Å²) in [6.07, 6.45) is 2.83. The molecule has 0 aliphatic carbocycles. The number of rotatable bonds is 6. The van der Waals surface area contributed by atoms with E-state index in [2.05, 4.69) is 26.2 Å². The molecule has 0 saturated carbocycles. The number of hydrogen-bond acceptors (Lipinski definition) is 6. The Morgan fingerprint density at radius 1 is 1.18 bits per heavy atom. The molecule has 148 valence electrons. The Morgan fingerprint density at radius 2 is 2.00 bits per heavy atom. The lowest BCUT2D eigenvalue weighted by atomic mass is 10.1. The molecule has 2 aliphatic heterocycles. The van der Waals surface area contributed by atoms with Crippen LogP contribution in [0.15, 0.2) is 42.6 Å². The highest BCUT2D eigenvalue weighted by Gasteiger charge is 2.28. The number of methoxy groups -OCH3 is 1. The van der Waals surface area contributed by atoms with Crippen LogP contribution in [-0.2, 0) is 4.79 Å². The van der Waals surface area contributed by atoms with Gasteiger partial charge in [0.1, 0.15) is 5.75 Å². The molecular weight excluding hydrogens is 356 g/mol. The van der Waals surface area contributed by atoms with Crippen molar-refractivity contribution >= 4 is 17.4 Å². The third kappa shape index (κ3) is 4.04. The minimum atomic E-state index is -0.438. The van der Waals surface area contributed by atoms with E-state index in [0.717, 1.165) is 50.6 Å². The van der Waals surface area contributed by atoms with Gasteiger partial charge in [0, 0.05) is 32.4 Å². The molecule has 0 radical (unpaired) electrons. The predicted molar refractivity (Wildman–Crippen MR) is 108 cm³/mol. The second-order valence-electron chi connectivity index (χ2n) is 7.09. The van der Waals surface area contributed by atoms with E-state index in [1.165, 1.54) is 0 Å². The van der Waals surface area contributed by atoms with Crippen molar-refractivity contribution in [2.24, 2.45) is 0 Å². The van der Waals surface area contributed by atoms with Crippen molar-refractivity contribution in [1.82, 2.24) is 9.88 Å². The Hall–Kier alpha value is -2.80. The molecular formula is C21H26N4O3. The van der Waals surface area contributed by atoms with Crippen LogP contribution >= 0.6 is 0 Å². The van der Waals surface area contributed by atoms with E-state index < -0.39 is 6.10 Å². The van der Waals surface area contributed by atoms with Gasteiger partial charge in [-0.2, -0.15) is 0 Å². The number of benzene rings is 1. The van der Waals surface area contributed by atoms with Crippen LogP contribution in [0.3, 0.4) is 0 Å². The monoisotopic (exact) mass is 382 g/mol. The minimum Gasteiger partial charge on any atom is -0.495 e. The second kappa shape index (κ2) is 8.48. The SMILES string of the molecule is COc1ccccc1N1CCN(CCC[C@H]2Oc3cccnc3NC2=O)CC1. The van der Waals surface area contributed by atoms with Gasteiger partial charge in [0.05, 0.1) is 12.8 Å². The van der Waals surface area contributed by atoms with Crippen LogP contribution in [0.4, 0.5) is 11.5 Å². The number of nitrogens with one attached hydrogen (secondary N) is 1. The van der Waals surface area contributed by atoms with Crippen molar-refractivity contribution in [1.29, 1.82) is 0 Å². The lowest BCUT2D eigenvalue weighted by Crippen LogP contribution is -2.47. The fourth-order valence-corrected chi connectivity index (χ4v) is 3.78. The number of anilines is 2. The predicted octanol–water partition coefficient (Wildman–Crippen LogP) is 2.39. The topological polar surface area (TPSA) is 66.9 Å². The maximum atomic E-state index is 12.2. The van der Waals surface area contributed by atoms with Gasteiger partial charge in [-0.3, -0.25) is 9.69 Å². The summed E-state index contributed by atoms with van der Waals surface area (Å²) in [5, 5.41) is 2.83. The number of hydrogen-bond donors (Lipinski definition) is 1. The van der Waals surface area contributed by atoms with Gasteiger partial charge in [0.15, 0.2) is 17.7 Å². The van der Waals surface area contributed by atoms with Crippen molar-refractivity contribution in [2.45, 2.75) is 18.9 Å². The number of para-hydroxylation sites is 2. The highest BCUT2D eigenvalue weighted by Crippen LogP contribution is 2.29. The maximum Gasteiger partial charge on any atom is 0.266 e. The number of pyridine rings is 1. The molecule has 1 atom stereocenters. The highest BCUT2D eigenvalue weighted by molar-refractivity contribution is 5.96. The summed E-state index contributed by atoms with van der Waals surface area (Å²) in [7, 11) is 1.72. The van der Waals surface area contributed by atoms with Crippen LogP contribution in [0.25, 0.3) is 0 Å². The summed E-state index contributed by atoms with van der Waals surface area (Å²) >= 11 is 0. The summed E-state index contributed by atoms with van der Waals surface area (Å²) in [5.74, 6) is 1.98. The Labute approximate surface area is 165 Å². The number of piperazine rings is 1. The average Bonchev–Trinajstić information content (AvgIpc) is 2.74. The fourth-order valence-electron chi connectivity index (χ4n) is 3.78. The van der Waals surface area contributed by atoms with E-state index in [4.69, 9.17) is 9.47 Å². The number of carbonyl (C=O) groups excluding carboxylic acids is 1. The zero-order valence-corrected chi connectivity index (χ0v) is 16.1. The molecule has 7 heteroatoms. The third-order valence-electron chi connectivity index (χ3n) is 5.31.